The second-order valence-electron chi connectivity index (χ2n) is 4.39. The van der Waals surface area contributed by atoms with Gasteiger partial charge in [0.05, 0.1) is 0 Å². The van der Waals surface area contributed by atoms with Crippen LogP contribution in [0.3, 0.4) is 0 Å². The van der Waals surface area contributed by atoms with Gasteiger partial charge in [-0.2, -0.15) is 0 Å². The number of rotatable bonds is 5. The first-order chi connectivity index (χ1) is 8.79. The topological polar surface area (TPSA) is 12.0 Å². The summed E-state index contributed by atoms with van der Waals surface area (Å²) < 4.78 is 1.12. The predicted molar refractivity (Wildman–Crippen MR) is 81.6 cm³/mol. The van der Waals surface area contributed by atoms with E-state index < -0.39 is 0 Å². The van der Waals surface area contributed by atoms with E-state index in [1.54, 1.807) is 0 Å². The van der Waals surface area contributed by atoms with E-state index in [4.69, 9.17) is 0 Å². The first kappa shape index (κ1) is 13.3. The summed E-state index contributed by atoms with van der Waals surface area (Å²) in [6, 6.07) is 17.1. The van der Waals surface area contributed by atoms with Crippen LogP contribution in [-0.2, 0) is 6.54 Å². The maximum absolute atomic E-state index is 3.52. The smallest absolute Gasteiger partial charge is 0.0205 e. The molecule has 0 aliphatic heterocycles. The van der Waals surface area contributed by atoms with Gasteiger partial charge in [0.1, 0.15) is 0 Å². The molecule has 1 nitrogen and oxygen atoms in total. The lowest BCUT2D eigenvalue weighted by Gasteiger charge is -2.07. The molecule has 2 heteroatoms. The minimum Gasteiger partial charge on any atom is -0.313 e. The van der Waals surface area contributed by atoms with Crippen LogP contribution in [0.5, 0.6) is 0 Å². The lowest BCUT2D eigenvalue weighted by Crippen LogP contribution is -2.13. The molecule has 94 valence electrons. The molecular weight excluding hydrogens is 286 g/mol. The van der Waals surface area contributed by atoms with E-state index in [-0.39, 0.29) is 0 Å². The Bertz CT molecular complexity index is 508. The largest absolute Gasteiger partial charge is 0.313 e. The van der Waals surface area contributed by atoms with Gasteiger partial charge in [0, 0.05) is 11.0 Å². The molecule has 0 aliphatic carbocycles. The zero-order valence-electron chi connectivity index (χ0n) is 10.6. The Labute approximate surface area is 117 Å². The highest BCUT2D eigenvalue weighted by molar-refractivity contribution is 9.10. The Morgan fingerprint density at radius 3 is 2.44 bits per heavy atom. The molecule has 0 bridgehead atoms. The molecule has 0 saturated carbocycles. The quantitative estimate of drug-likeness (QED) is 0.795. The van der Waals surface area contributed by atoms with E-state index in [1.165, 1.54) is 23.1 Å². The second-order valence-corrected chi connectivity index (χ2v) is 5.30. The zero-order chi connectivity index (χ0) is 12.8. The van der Waals surface area contributed by atoms with Gasteiger partial charge in [-0.15, -0.1) is 0 Å². The van der Waals surface area contributed by atoms with Gasteiger partial charge in [-0.25, -0.2) is 0 Å². The minimum atomic E-state index is 0.940. The molecule has 0 aliphatic rings. The van der Waals surface area contributed by atoms with Crippen molar-refractivity contribution in [3.63, 3.8) is 0 Å². The van der Waals surface area contributed by atoms with Gasteiger partial charge >= 0.3 is 0 Å². The summed E-state index contributed by atoms with van der Waals surface area (Å²) in [5.74, 6) is 0. The van der Waals surface area contributed by atoms with Crippen LogP contribution in [-0.4, -0.2) is 6.54 Å². The molecule has 2 aromatic carbocycles. The summed E-state index contributed by atoms with van der Waals surface area (Å²) in [4.78, 5) is 0. The summed E-state index contributed by atoms with van der Waals surface area (Å²) >= 11 is 3.52. The number of hydrogen-bond acceptors (Lipinski definition) is 1. The summed E-state index contributed by atoms with van der Waals surface area (Å²) in [7, 11) is 0. The monoisotopic (exact) mass is 303 g/mol. The van der Waals surface area contributed by atoms with E-state index in [0.29, 0.717) is 0 Å². The molecule has 0 aromatic heterocycles. The van der Waals surface area contributed by atoms with Crippen LogP contribution in [0.15, 0.2) is 53.0 Å². The fourth-order valence-electron chi connectivity index (χ4n) is 1.94. The van der Waals surface area contributed by atoms with Gasteiger partial charge in [-0.3, -0.25) is 0 Å². The molecule has 2 rings (SSSR count). The normalized spacial score (nSPS) is 10.6. The molecule has 0 spiro atoms. The van der Waals surface area contributed by atoms with Crippen molar-refractivity contribution >= 4 is 15.9 Å². The predicted octanol–water partition coefficient (Wildman–Crippen LogP) is 4.62. The summed E-state index contributed by atoms with van der Waals surface area (Å²) in [5.41, 5.74) is 3.86. The van der Waals surface area contributed by atoms with E-state index in [1.807, 2.05) is 0 Å². The van der Waals surface area contributed by atoms with E-state index in [0.717, 1.165) is 17.6 Å². The minimum absolute atomic E-state index is 0.940. The third-order valence-electron chi connectivity index (χ3n) is 2.84. The van der Waals surface area contributed by atoms with Gasteiger partial charge < -0.3 is 5.32 Å². The van der Waals surface area contributed by atoms with Gasteiger partial charge in [-0.1, -0.05) is 53.2 Å². The first-order valence-electron chi connectivity index (χ1n) is 6.35. The van der Waals surface area contributed by atoms with Gasteiger partial charge in [-0.05, 0) is 47.9 Å². The SMILES string of the molecule is CCCNCc1cccc(-c2cccc(Br)c2)c1. The van der Waals surface area contributed by atoms with Crippen LogP contribution in [0.25, 0.3) is 11.1 Å². The summed E-state index contributed by atoms with van der Waals surface area (Å²) in [6.07, 6.45) is 1.17. The van der Waals surface area contributed by atoms with Gasteiger partial charge in [0.2, 0.25) is 0 Å². The van der Waals surface area contributed by atoms with Crippen LogP contribution in [0.2, 0.25) is 0 Å². The molecule has 1 N–H and O–H groups in total. The van der Waals surface area contributed by atoms with Crippen molar-refractivity contribution in [2.75, 3.05) is 6.54 Å². The number of nitrogens with one attached hydrogen (secondary N) is 1. The fraction of sp³-hybridized carbons (Fsp3) is 0.250. The van der Waals surface area contributed by atoms with Crippen molar-refractivity contribution in [3.8, 4) is 11.1 Å². The molecular formula is C16H18BrN. The molecule has 0 radical (unpaired) electrons. The van der Waals surface area contributed by atoms with Crippen molar-refractivity contribution in [2.24, 2.45) is 0 Å². The Hall–Kier alpha value is -1.12. The maximum atomic E-state index is 3.52. The Kier molecular flexibility index (Phi) is 4.97. The third-order valence-corrected chi connectivity index (χ3v) is 3.33. The van der Waals surface area contributed by atoms with Crippen LogP contribution in [0.4, 0.5) is 0 Å². The lowest BCUT2D eigenvalue weighted by molar-refractivity contribution is 0.675. The van der Waals surface area contributed by atoms with Crippen molar-refractivity contribution in [1.29, 1.82) is 0 Å². The second kappa shape index (κ2) is 6.72. The highest BCUT2D eigenvalue weighted by atomic mass is 79.9. The first-order valence-corrected chi connectivity index (χ1v) is 7.14. The van der Waals surface area contributed by atoms with Crippen LogP contribution >= 0.6 is 15.9 Å². The highest BCUT2D eigenvalue weighted by Crippen LogP contribution is 2.23. The average molecular weight is 304 g/mol. The number of benzene rings is 2. The fourth-order valence-corrected chi connectivity index (χ4v) is 2.34. The van der Waals surface area contributed by atoms with E-state index >= 15 is 0 Å². The van der Waals surface area contributed by atoms with E-state index in [9.17, 15) is 0 Å². The zero-order valence-corrected chi connectivity index (χ0v) is 12.2. The molecule has 0 unspecified atom stereocenters. The van der Waals surface area contributed by atoms with Crippen molar-refractivity contribution in [3.05, 3.63) is 58.6 Å². The molecule has 0 amide bonds. The van der Waals surface area contributed by atoms with Gasteiger partial charge in [0.25, 0.3) is 0 Å². The lowest BCUT2D eigenvalue weighted by atomic mass is 10.0. The standard InChI is InChI=1S/C16H18BrN/c1-2-9-18-12-13-5-3-6-14(10-13)15-7-4-8-16(17)11-15/h3-8,10-11,18H,2,9,12H2,1H3. The Balaban J connectivity index is 2.16. The summed E-state index contributed by atoms with van der Waals surface area (Å²) in [6.45, 7) is 4.20. The maximum Gasteiger partial charge on any atom is 0.0205 e. The molecule has 0 saturated heterocycles. The van der Waals surface area contributed by atoms with Crippen LogP contribution < -0.4 is 5.32 Å². The highest BCUT2D eigenvalue weighted by Gasteiger charge is 1.99. The Morgan fingerprint density at radius 1 is 1.00 bits per heavy atom. The molecule has 2 aromatic rings. The van der Waals surface area contributed by atoms with Crippen molar-refractivity contribution < 1.29 is 0 Å². The van der Waals surface area contributed by atoms with Crippen molar-refractivity contribution in [2.45, 2.75) is 19.9 Å². The molecule has 0 atom stereocenters. The molecule has 0 fully saturated rings. The molecule has 18 heavy (non-hydrogen) atoms. The van der Waals surface area contributed by atoms with Crippen LogP contribution in [0, 0.1) is 0 Å². The van der Waals surface area contributed by atoms with E-state index in [2.05, 4.69) is 76.7 Å². The average Bonchev–Trinajstić information content (AvgIpc) is 2.39. The summed E-state index contributed by atoms with van der Waals surface area (Å²) in [5, 5.41) is 3.43. The van der Waals surface area contributed by atoms with Crippen molar-refractivity contribution in [1.82, 2.24) is 5.32 Å². The van der Waals surface area contributed by atoms with Gasteiger partial charge in [0.15, 0.2) is 0 Å². The number of hydrogen-bond donors (Lipinski definition) is 1. The van der Waals surface area contributed by atoms with Crippen LogP contribution in [0.1, 0.15) is 18.9 Å². The molecule has 0 heterocycles. The Morgan fingerprint density at radius 2 is 1.72 bits per heavy atom. The third kappa shape index (κ3) is 3.69. The number of halogens is 1.